The van der Waals surface area contributed by atoms with Crippen LogP contribution in [0.25, 0.3) is 11.0 Å². The van der Waals surface area contributed by atoms with E-state index in [0.29, 0.717) is 19.6 Å². The van der Waals surface area contributed by atoms with Crippen molar-refractivity contribution < 1.29 is 14.3 Å². The number of amides is 1. The summed E-state index contributed by atoms with van der Waals surface area (Å²) in [7, 11) is 1.35. The quantitative estimate of drug-likeness (QED) is 0.789. The normalized spacial score (nSPS) is 18.4. The molecule has 1 saturated heterocycles. The van der Waals surface area contributed by atoms with Crippen molar-refractivity contribution in [2.45, 2.75) is 13.0 Å². The molecular formula is C15H17N3O3. The van der Waals surface area contributed by atoms with Gasteiger partial charge in [0.25, 0.3) is 0 Å². The maximum absolute atomic E-state index is 11.9. The fourth-order valence-corrected chi connectivity index (χ4v) is 2.73. The van der Waals surface area contributed by atoms with Gasteiger partial charge in [0.15, 0.2) is 0 Å². The second-order valence-corrected chi connectivity index (χ2v) is 5.19. The van der Waals surface area contributed by atoms with Crippen LogP contribution in [0.2, 0.25) is 0 Å². The number of hydrogen-bond acceptors (Lipinski definition) is 4. The van der Waals surface area contributed by atoms with E-state index in [0.717, 1.165) is 11.0 Å². The molecule has 1 aromatic carbocycles. The number of benzene rings is 1. The number of carbonyl (C=O) groups is 2. The van der Waals surface area contributed by atoms with Gasteiger partial charge in [-0.3, -0.25) is 9.59 Å². The Morgan fingerprint density at radius 1 is 1.38 bits per heavy atom. The van der Waals surface area contributed by atoms with Gasteiger partial charge in [0.05, 0.1) is 30.4 Å². The Hall–Kier alpha value is -2.37. The number of aromatic nitrogens is 2. The molecule has 2 aromatic rings. The summed E-state index contributed by atoms with van der Waals surface area (Å²) in [6.07, 6.45) is 2.03. The number of likely N-dealkylation sites (tertiary alicyclic amines) is 1. The fraction of sp³-hybridized carbons (Fsp3) is 0.400. The molecule has 6 heteroatoms. The maximum atomic E-state index is 11.9. The number of rotatable bonds is 4. The lowest BCUT2D eigenvalue weighted by Gasteiger charge is -2.16. The number of carbonyl (C=O) groups excluding carboxylic acids is 2. The van der Waals surface area contributed by atoms with Crippen molar-refractivity contribution in [1.82, 2.24) is 14.5 Å². The zero-order valence-corrected chi connectivity index (χ0v) is 11.9. The van der Waals surface area contributed by atoms with Crippen LogP contribution in [0.1, 0.15) is 6.42 Å². The minimum Gasteiger partial charge on any atom is -0.469 e. The standard InChI is InChI=1S/C15H17N3O3/c1-21-15(20)11-8-14(19)17(9-11)6-7-18-10-16-12-4-2-3-5-13(12)18/h2-5,10-11H,6-9H2,1H3. The van der Waals surface area contributed by atoms with Gasteiger partial charge in [-0.15, -0.1) is 0 Å². The predicted octanol–water partition coefficient (Wildman–Crippen LogP) is 1.06. The number of nitrogens with zero attached hydrogens (tertiary/aromatic N) is 3. The van der Waals surface area contributed by atoms with E-state index in [1.807, 2.05) is 28.8 Å². The van der Waals surface area contributed by atoms with E-state index in [4.69, 9.17) is 4.74 Å². The van der Waals surface area contributed by atoms with Crippen molar-refractivity contribution in [2.24, 2.45) is 5.92 Å². The lowest BCUT2D eigenvalue weighted by Crippen LogP contribution is -2.29. The molecule has 1 atom stereocenters. The Kier molecular flexibility index (Phi) is 3.60. The SMILES string of the molecule is COC(=O)C1CC(=O)N(CCn2cnc3ccccc32)C1. The van der Waals surface area contributed by atoms with E-state index in [9.17, 15) is 9.59 Å². The average Bonchev–Trinajstić information content (AvgIpc) is 3.08. The summed E-state index contributed by atoms with van der Waals surface area (Å²) in [5.41, 5.74) is 1.99. The van der Waals surface area contributed by atoms with Crippen LogP contribution in [0.4, 0.5) is 0 Å². The molecule has 0 N–H and O–H groups in total. The summed E-state index contributed by atoms with van der Waals surface area (Å²) < 4.78 is 6.73. The van der Waals surface area contributed by atoms with Crippen molar-refractivity contribution in [2.75, 3.05) is 20.2 Å². The maximum Gasteiger partial charge on any atom is 0.310 e. The Morgan fingerprint density at radius 3 is 3.00 bits per heavy atom. The van der Waals surface area contributed by atoms with Crippen molar-refractivity contribution in [3.63, 3.8) is 0 Å². The molecule has 6 nitrogen and oxygen atoms in total. The Balaban J connectivity index is 1.65. The molecule has 0 aliphatic carbocycles. The zero-order valence-electron chi connectivity index (χ0n) is 11.9. The molecule has 0 spiro atoms. The number of esters is 1. The first kappa shape index (κ1) is 13.6. The molecule has 1 unspecified atom stereocenters. The molecule has 1 amide bonds. The van der Waals surface area contributed by atoms with Gasteiger partial charge in [0.1, 0.15) is 0 Å². The molecule has 21 heavy (non-hydrogen) atoms. The molecule has 2 heterocycles. The van der Waals surface area contributed by atoms with Crippen LogP contribution in [-0.4, -0.2) is 46.5 Å². The largest absolute Gasteiger partial charge is 0.469 e. The van der Waals surface area contributed by atoms with Crippen LogP contribution < -0.4 is 0 Å². The molecule has 1 aliphatic rings. The van der Waals surface area contributed by atoms with Gasteiger partial charge in [-0.1, -0.05) is 12.1 Å². The van der Waals surface area contributed by atoms with Crippen molar-refractivity contribution in [3.05, 3.63) is 30.6 Å². The lowest BCUT2D eigenvalue weighted by molar-refractivity contribution is -0.145. The Labute approximate surface area is 122 Å². The third-order valence-electron chi connectivity index (χ3n) is 3.89. The third-order valence-corrected chi connectivity index (χ3v) is 3.89. The van der Waals surface area contributed by atoms with E-state index < -0.39 is 0 Å². The topological polar surface area (TPSA) is 64.4 Å². The minimum atomic E-state index is -0.331. The van der Waals surface area contributed by atoms with Crippen molar-refractivity contribution in [1.29, 1.82) is 0 Å². The summed E-state index contributed by atoms with van der Waals surface area (Å²) in [6.45, 7) is 1.69. The van der Waals surface area contributed by atoms with Crippen molar-refractivity contribution in [3.8, 4) is 0 Å². The van der Waals surface area contributed by atoms with Crippen LogP contribution in [0.3, 0.4) is 0 Å². The van der Waals surface area contributed by atoms with Gasteiger partial charge in [-0.25, -0.2) is 4.98 Å². The highest BCUT2D eigenvalue weighted by Gasteiger charge is 2.34. The van der Waals surface area contributed by atoms with Gasteiger partial charge in [0.2, 0.25) is 5.91 Å². The number of para-hydroxylation sites is 2. The molecular weight excluding hydrogens is 270 g/mol. The number of methoxy groups -OCH3 is 1. The average molecular weight is 287 g/mol. The van der Waals surface area contributed by atoms with Crippen LogP contribution >= 0.6 is 0 Å². The van der Waals surface area contributed by atoms with E-state index in [2.05, 4.69) is 4.98 Å². The fourth-order valence-electron chi connectivity index (χ4n) is 2.73. The van der Waals surface area contributed by atoms with E-state index in [1.165, 1.54) is 7.11 Å². The highest BCUT2D eigenvalue weighted by Crippen LogP contribution is 2.19. The Bertz CT molecular complexity index is 680. The number of ether oxygens (including phenoxy) is 1. The molecule has 1 aromatic heterocycles. The predicted molar refractivity (Wildman–Crippen MR) is 76.4 cm³/mol. The third kappa shape index (κ3) is 2.61. The summed E-state index contributed by atoms with van der Waals surface area (Å²) in [6, 6.07) is 7.88. The smallest absolute Gasteiger partial charge is 0.310 e. The summed E-state index contributed by atoms with van der Waals surface area (Å²) in [4.78, 5) is 29.5. The molecule has 1 aliphatic heterocycles. The lowest BCUT2D eigenvalue weighted by atomic mass is 10.1. The minimum absolute atomic E-state index is 0.00909. The molecule has 0 saturated carbocycles. The number of fused-ring (bicyclic) bond motifs is 1. The number of imidazole rings is 1. The summed E-state index contributed by atoms with van der Waals surface area (Å²) in [5, 5.41) is 0. The first-order valence-corrected chi connectivity index (χ1v) is 6.94. The highest BCUT2D eigenvalue weighted by molar-refractivity contribution is 5.86. The van der Waals surface area contributed by atoms with Crippen LogP contribution in [0.15, 0.2) is 30.6 Å². The second-order valence-electron chi connectivity index (χ2n) is 5.19. The van der Waals surface area contributed by atoms with E-state index >= 15 is 0 Å². The van der Waals surface area contributed by atoms with Gasteiger partial charge in [-0.05, 0) is 12.1 Å². The van der Waals surface area contributed by atoms with Gasteiger partial charge >= 0.3 is 5.97 Å². The van der Waals surface area contributed by atoms with Crippen molar-refractivity contribution >= 4 is 22.9 Å². The van der Waals surface area contributed by atoms with E-state index in [1.54, 1.807) is 11.2 Å². The monoisotopic (exact) mass is 287 g/mol. The molecule has 0 bridgehead atoms. The van der Waals surface area contributed by atoms with Gasteiger partial charge < -0.3 is 14.2 Å². The molecule has 1 fully saturated rings. The second kappa shape index (κ2) is 5.55. The summed E-state index contributed by atoms with van der Waals surface area (Å²) in [5.74, 6) is -0.629. The first-order chi connectivity index (χ1) is 10.2. The Morgan fingerprint density at radius 2 is 2.19 bits per heavy atom. The highest BCUT2D eigenvalue weighted by atomic mass is 16.5. The molecule has 110 valence electrons. The molecule has 0 radical (unpaired) electrons. The first-order valence-electron chi connectivity index (χ1n) is 6.94. The number of hydrogen-bond donors (Lipinski definition) is 0. The molecule has 3 rings (SSSR count). The van der Waals surface area contributed by atoms with Crippen LogP contribution in [0, 0.1) is 5.92 Å². The summed E-state index contributed by atoms with van der Waals surface area (Å²) >= 11 is 0. The van der Waals surface area contributed by atoms with E-state index in [-0.39, 0.29) is 24.2 Å². The zero-order chi connectivity index (χ0) is 14.8. The van der Waals surface area contributed by atoms with Gasteiger partial charge in [-0.2, -0.15) is 0 Å². The van der Waals surface area contributed by atoms with Crippen LogP contribution in [-0.2, 0) is 20.9 Å². The van der Waals surface area contributed by atoms with Crippen LogP contribution in [0.5, 0.6) is 0 Å². The van der Waals surface area contributed by atoms with Gasteiger partial charge in [0, 0.05) is 26.1 Å².